The van der Waals surface area contributed by atoms with Crippen LogP contribution in [0.1, 0.15) is 37.7 Å². The van der Waals surface area contributed by atoms with Crippen molar-refractivity contribution in [1.82, 2.24) is 4.31 Å². The average molecular weight is 360 g/mol. The van der Waals surface area contributed by atoms with Gasteiger partial charge < -0.3 is 0 Å². The van der Waals surface area contributed by atoms with Gasteiger partial charge in [0.1, 0.15) is 25.1 Å². The van der Waals surface area contributed by atoms with Gasteiger partial charge in [-0.05, 0) is 37.8 Å². The molecule has 1 saturated heterocycles. The highest BCUT2D eigenvalue weighted by molar-refractivity contribution is 7.83. The zero-order valence-corrected chi connectivity index (χ0v) is 17.2. The summed E-state index contributed by atoms with van der Waals surface area (Å²) in [5, 5.41) is 0. The first-order chi connectivity index (χ1) is 11.4. The summed E-state index contributed by atoms with van der Waals surface area (Å²) in [5.41, 5.74) is 4.72. The number of hydrogen-bond donors (Lipinski definition) is 0. The monoisotopic (exact) mass is 359 g/mol. The Kier molecular flexibility index (Phi) is 5.34. The Labute approximate surface area is 150 Å². The highest BCUT2D eigenvalue weighted by Crippen LogP contribution is 2.43. The van der Waals surface area contributed by atoms with E-state index in [0.717, 1.165) is 4.90 Å². The zero-order valence-electron chi connectivity index (χ0n) is 15.3. The van der Waals surface area contributed by atoms with E-state index in [1.165, 1.54) is 37.7 Å². The summed E-state index contributed by atoms with van der Waals surface area (Å²) < 4.78 is 15.3. The minimum absolute atomic E-state index is 0.196. The lowest BCUT2D eigenvalue weighted by Crippen LogP contribution is -2.18. The Hall–Kier alpha value is -0.893. The Morgan fingerprint density at radius 1 is 1.08 bits per heavy atom. The van der Waals surface area contributed by atoms with E-state index in [-0.39, 0.29) is 6.04 Å². The molecule has 2 fully saturated rings. The molecule has 2 aliphatic rings. The lowest BCUT2D eigenvalue weighted by molar-refractivity contribution is 0.338. The van der Waals surface area contributed by atoms with Gasteiger partial charge in [0.2, 0.25) is 0 Å². The largest absolute Gasteiger partial charge is 0.237 e. The van der Waals surface area contributed by atoms with Crippen molar-refractivity contribution < 1.29 is 4.21 Å². The first-order valence-corrected chi connectivity index (χ1v) is 13.8. The van der Waals surface area contributed by atoms with E-state index in [1.54, 1.807) is 0 Å². The molecule has 130 valence electrons. The van der Waals surface area contributed by atoms with Crippen LogP contribution in [-0.4, -0.2) is 28.7 Å². The molecule has 1 saturated carbocycles. The molecule has 4 atom stereocenters. The molecular weight excluding hydrogens is 330 g/mol. The standard InChI is InChI=1S/C20H29NOSSi/c1-16-10-12-18(13-11-16)23(22)21-19(14-15-24(2,3)4)20(21)17-8-6-5-7-9-17/h10-13,17,19-20H,5-9H2,1-4H3/t19-,20-,21?,23-/m0/s1. The Morgan fingerprint density at radius 3 is 2.29 bits per heavy atom. The number of benzene rings is 1. The fraction of sp³-hybridized carbons (Fsp3) is 0.600. The first kappa shape index (κ1) is 17.9. The molecule has 1 aromatic carbocycles. The van der Waals surface area contributed by atoms with Crippen LogP contribution < -0.4 is 0 Å². The summed E-state index contributed by atoms with van der Waals surface area (Å²) in [6.07, 6.45) is 6.55. The van der Waals surface area contributed by atoms with Gasteiger partial charge in [0.05, 0.1) is 10.9 Å². The van der Waals surface area contributed by atoms with Gasteiger partial charge in [-0.3, -0.25) is 0 Å². The van der Waals surface area contributed by atoms with Crippen molar-refractivity contribution in [3.8, 4) is 11.5 Å². The highest BCUT2D eigenvalue weighted by Gasteiger charge is 2.54. The summed E-state index contributed by atoms with van der Waals surface area (Å²) in [6.45, 7) is 8.90. The predicted octanol–water partition coefficient (Wildman–Crippen LogP) is 4.53. The topological polar surface area (TPSA) is 20.1 Å². The van der Waals surface area contributed by atoms with Crippen LogP contribution in [0.2, 0.25) is 19.6 Å². The summed E-state index contributed by atoms with van der Waals surface area (Å²) >= 11 is 0. The molecule has 1 aromatic rings. The quantitative estimate of drug-likeness (QED) is 0.441. The second-order valence-electron chi connectivity index (χ2n) is 8.27. The smallest absolute Gasteiger partial charge is 0.129 e. The lowest BCUT2D eigenvalue weighted by Gasteiger charge is -2.21. The molecule has 1 aliphatic heterocycles. The molecule has 2 nitrogen and oxygen atoms in total. The normalized spacial score (nSPS) is 28.8. The van der Waals surface area contributed by atoms with Crippen LogP contribution in [0.15, 0.2) is 29.2 Å². The molecule has 24 heavy (non-hydrogen) atoms. The van der Waals surface area contributed by atoms with Crippen LogP contribution >= 0.6 is 0 Å². The summed E-state index contributed by atoms with van der Waals surface area (Å²) in [7, 11) is -2.47. The van der Waals surface area contributed by atoms with E-state index in [0.29, 0.717) is 12.0 Å². The summed E-state index contributed by atoms with van der Waals surface area (Å²) in [6, 6.07) is 8.71. The van der Waals surface area contributed by atoms with Crippen LogP contribution in [0.3, 0.4) is 0 Å². The van der Waals surface area contributed by atoms with Gasteiger partial charge in [0.25, 0.3) is 0 Å². The molecule has 0 radical (unpaired) electrons. The molecule has 1 unspecified atom stereocenters. The number of nitrogens with zero attached hydrogens (tertiary/aromatic N) is 1. The van der Waals surface area contributed by atoms with Crippen molar-refractivity contribution in [2.75, 3.05) is 0 Å². The fourth-order valence-corrected chi connectivity index (χ4v) is 5.63. The van der Waals surface area contributed by atoms with Crippen molar-refractivity contribution >= 4 is 19.1 Å². The van der Waals surface area contributed by atoms with Gasteiger partial charge >= 0.3 is 0 Å². The Bertz CT molecular complexity index is 662. The van der Waals surface area contributed by atoms with Crippen LogP contribution in [0.4, 0.5) is 0 Å². The van der Waals surface area contributed by atoms with Crippen LogP contribution in [0, 0.1) is 24.3 Å². The summed E-state index contributed by atoms with van der Waals surface area (Å²) in [5.74, 6) is 4.18. The van der Waals surface area contributed by atoms with Crippen LogP contribution in [-0.2, 0) is 11.0 Å². The molecule has 0 spiro atoms. The van der Waals surface area contributed by atoms with E-state index in [1.807, 2.05) is 12.1 Å². The van der Waals surface area contributed by atoms with E-state index in [9.17, 15) is 4.21 Å². The van der Waals surface area contributed by atoms with Gasteiger partial charge in [-0.1, -0.05) is 62.5 Å². The molecule has 0 N–H and O–H groups in total. The molecule has 1 heterocycles. The molecule has 0 bridgehead atoms. The Morgan fingerprint density at radius 2 is 1.71 bits per heavy atom. The number of rotatable bonds is 3. The molecule has 0 aromatic heterocycles. The van der Waals surface area contributed by atoms with Crippen molar-refractivity contribution in [3.63, 3.8) is 0 Å². The number of aryl methyl sites for hydroxylation is 1. The van der Waals surface area contributed by atoms with E-state index in [4.69, 9.17) is 0 Å². The summed E-state index contributed by atoms with van der Waals surface area (Å²) in [4.78, 5) is 0.915. The van der Waals surface area contributed by atoms with Gasteiger partial charge in [0.15, 0.2) is 0 Å². The van der Waals surface area contributed by atoms with Crippen molar-refractivity contribution in [1.29, 1.82) is 0 Å². The molecular formula is C20H29NOSSi. The maximum absolute atomic E-state index is 13.1. The van der Waals surface area contributed by atoms with Gasteiger partial charge in [-0.25, -0.2) is 4.21 Å². The van der Waals surface area contributed by atoms with Crippen molar-refractivity contribution in [3.05, 3.63) is 29.8 Å². The average Bonchev–Trinajstić information content (AvgIpc) is 3.27. The van der Waals surface area contributed by atoms with E-state index >= 15 is 0 Å². The molecule has 3 rings (SSSR count). The van der Waals surface area contributed by atoms with Crippen molar-refractivity contribution in [2.24, 2.45) is 5.92 Å². The number of hydrogen-bond acceptors (Lipinski definition) is 1. The Balaban J connectivity index is 1.80. The predicted molar refractivity (Wildman–Crippen MR) is 105 cm³/mol. The third kappa shape index (κ3) is 4.19. The lowest BCUT2D eigenvalue weighted by atomic mass is 9.86. The van der Waals surface area contributed by atoms with Gasteiger partial charge in [0, 0.05) is 0 Å². The SMILES string of the molecule is Cc1ccc([S@](=O)N2[C@@H](C#C[Si](C)(C)C)[C@@H]2C2CCCCC2)cc1. The van der Waals surface area contributed by atoms with E-state index < -0.39 is 19.1 Å². The highest BCUT2D eigenvalue weighted by atomic mass is 32.2. The van der Waals surface area contributed by atoms with Crippen LogP contribution in [0.5, 0.6) is 0 Å². The van der Waals surface area contributed by atoms with Crippen molar-refractivity contribution in [2.45, 2.75) is 75.6 Å². The molecule has 1 aliphatic carbocycles. The first-order valence-electron chi connectivity index (χ1n) is 9.16. The second-order valence-corrected chi connectivity index (χ2v) is 14.4. The van der Waals surface area contributed by atoms with Gasteiger partial charge in [-0.15, -0.1) is 5.54 Å². The minimum Gasteiger partial charge on any atom is -0.237 e. The third-order valence-corrected chi connectivity index (χ3v) is 7.37. The maximum Gasteiger partial charge on any atom is 0.129 e. The molecule has 0 amide bonds. The molecule has 4 heteroatoms. The van der Waals surface area contributed by atoms with Gasteiger partial charge in [-0.2, -0.15) is 4.31 Å². The minimum atomic E-state index is -1.40. The zero-order chi connectivity index (χ0) is 17.3. The maximum atomic E-state index is 13.1. The fourth-order valence-electron chi connectivity index (χ4n) is 3.60. The van der Waals surface area contributed by atoms with Crippen LogP contribution in [0.25, 0.3) is 0 Å². The second kappa shape index (κ2) is 7.15. The van der Waals surface area contributed by atoms with E-state index in [2.05, 4.69) is 54.5 Å². The third-order valence-electron chi connectivity index (χ3n) is 4.94.